The van der Waals surface area contributed by atoms with Crippen LogP contribution in [0.5, 0.6) is 0 Å². The van der Waals surface area contributed by atoms with E-state index in [9.17, 15) is 0 Å². The third-order valence-corrected chi connectivity index (χ3v) is 0. The Labute approximate surface area is 33.5 Å². The van der Waals surface area contributed by atoms with Gasteiger partial charge in [-0.3, -0.25) is 20.8 Å². The van der Waals surface area contributed by atoms with E-state index in [0.717, 1.165) is 11.3 Å². The van der Waals surface area contributed by atoms with E-state index in [2.05, 4.69) is 0 Å². The van der Waals surface area contributed by atoms with Crippen LogP contribution in [0.25, 0.3) is 0 Å². The lowest BCUT2D eigenvalue weighted by atomic mass is 13.3. The van der Waals surface area contributed by atoms with E-state index in [1.165, 1.54) is 0 Å². The quantitative estimate of drug-likeness (QED) is 0.210. The van der Waals surface area contributed by atoms with Crippen molar-refractivity contribution >= 4 is 0 Å². The van der Waals surface area contributed by atoms with Crippen LogP contribution in [0.1, 0.15) is 0 Å². The molecule has 0 radical (unpaired) electrons. The van der Waals surface area contributed by atoms with Crippen molar-refractivity contribution in [3.05, 3.63) is 0 Å². The van der Waals surface area contributed by atoms with Gasteiger partial charge in [-0.1, -0.05) is 11.3 Å². The van der Waals surface area contributed by atoms with E-state index in [0.29, 0.717) is 0 Å². The predicted molar refractivity (Wildman–Crippen MR) is 13.4 cm³/mol. The maximum absolute atomic E-state index is 6.88. The molecule has 6 heavy (non-hydrogen) atoms. The Bertz CT molecular complexity index is 7.51. The molecule has 6 nitrogen and oxygen atoms in total. The smallest absolute Gasteiger partial charge is 0.0853 e. The van der Waals surface area contributed by atoms with Crippen molar-refractivity contribution in [3.63, 3.8) is 0 Å². The Hall–Kier alpha value is -0.240. The fraction of sp³-hybridized carbons (Fsp3) is 0. The second-order valence-corrected chi connectivity index (χ2v) is 0.200. The first-order valence-electron chi connectivity index (χ1n) is 0.894. The van der Waals surface area contributed by atoms with E-state index in [-0.39, 0.29) is 0 Å². The molecule has 0 aliphatic rings. The third kappa shape index (κ3) is 497. The molecule has 0 unspecified atom stereocenters. The van der Waals surface area contributed by atoms with Crippen LogP contribution >= 0.6 is 0 Å². The molecular weight excluding hydrogens is 92.0 g/mol. The molecule has 0 spiro atoms. The predicted octanol–water partition coefficient (Wildman–Crippen LogP) is -1.29. The summed E-state index contributed by atoms with van der Waals surface area (Å²) in [4.78, 5) is 0. The molecule has 0 fully saturated rings. The highest BCUT2D eigenvalue weighted by Crippen LogP contribution is 0.934. The minimum absolute atomic E-state index is 0.750. The third-order valence-electron chi connectivity index (χ3n) is 0. The van der Waals surface area contributed by atoms with Crippen LogP contribution < -0.4 is 11.3 Å². The van der Waals surface area contributed by atoms with Crippen LogP contribution in [-0.2, 0) is 0 Å². The number of nitrogens with one attached hydrogen (secondary N) is 2. The molecular formula is H6N2O4. The van der Waals surface area contributed by atoms with E-state index >= 15 is 0 Å². The molecule has 6 N–H and O–H groups in total. The van der Waals surface area contributed by atoms with Crippen molar-refractivity contribution in [2.24, 2.45) is 0 Å². The molecule has 6 heteroatoms. The van der Waals surface area contributed by atoms with Crippen molar-refractivity contribution in [1.29, 1.82) is 0 Å². The summed E-state index contributed by atoms with van der Waals surface area (Å²) in [6.45, 7) is 0. The lowest BCUT2D eigenvalue weighted by molar-refractivity contribution is -0.0682. The highest BCUT2D eigenvalue weighted by atomic mass is 16.7. The zero-order chi connectivity index (χ0) is 5.41. The number of hydrogen-bond acceptors (Lipinski definition) is 6. The Morgan fingerprint density at radius 1 is 0.667 bits per heavy atom. The van der Waals surface area contributed by atoms with Crippen molar-refractivity contribution in [1.82, 2.24) is 11.3 Å². The van der Waals surface area contributed by atoms with Gasteiger partial charge in [-0.15, -0.1) is 0 Å². The average Bonchev–Trinajstić information content (AvgIpc) is 1.39. The van der Waals surface area contributed by atoms with Gasteiger partial charge in [0.25, 0.3) is 0 Å². The Morgan fingerprint density at radius 3 is 0.667 bits per heavy atom. The van der Waals surface area contributed by atoms with Gasteiger partial charge in [0.1, 0.15) is 0 Å². The molecule has 0 amide bonds. The average molecular weight is 98.1 g/mol. The largest absolute Gasteiger partial charge is 0.292 e. The Morgan fingerprint density at radius 2 is 0.667 bits per heavy atom. The molecule has 0 bridgehead atoms. The highest BCUT2D eigenvalue weighted by molar-refractivity contribution is 3.07. The maximum atomic E-state index is 6.88. The molecule has 0 aromatic heterocycles. The fourth-order valence-electron chi connectivity index (χ4n) is 0. The van der Waals surface area contributed by atoms with Gasteiger partial charge in [0.05, 0.1) is 0 Å². The van der Waals surface area contributed by atoms with Gasteiger partial charge in [-0.25, -0.2) is 0 Å². The molecule has 40 valence electrons. The molecule has 0 aromatic rings. The summed E-state index contributed by atoms with van der Waals surface area (Å²) in [5.41, 5.74) is 1.50. The van der Waals surface area contributed by atoms with E-state index < -0.39 is 0 Å². The van der Waals surface area contributed by atoms with Crippen LogP contribution in [0.4, 0.5) is 0 Å². The lowest BCUT2D eigenvalue weighted by Gasteiger charge is -1.61. The summed E-state index contributed by atoms with van der Waals surface area (Å²) in [7, 11) is 0. The molecule has 0 rings (SSSR count). The van der Waals surface area contributed by atoms with Crippen molar-refractivity contribution in [2.75, 3.05) is 0 Å². The molecule has 0 saturated heterocycles. The first kappa shape index (κ1) is 9.23. The zero-order valence-corrected chi connectivity index (χ0v) is 2.79. The molecule has 0 saturated carbocycles. The maximum Gasteiger partial charge on any atom is -0.0853 e. The second-order valence-electron chi connectivity index (χ2n) is 0.200. The van der Waals surface area contributed by atoms with Gasteiger partial charge in [0, 0.05) is 0 Å². The van der Waals surface area contributed by atoms with Crippen LogP contribution in [-0.4, -0.2) is 20.8 Å². The molecule has 0 atom stereocenters. The minimum Gasteiger partial charge on any atom is -0.292 e. The molecule has 0 heterocycles. The van der Waals surface area contributed by atoms with Gasteiger partial charge in [-0.05, 0) is 0 Å². The molecule has 0 aliphatic carbocycles. The van der Waals surface area contributed by atoms with Crippen LogP contribution in [0.15, 0.2) is 0 Å². The standard InChI is InChI=1S/2H3NO2/c2*2-1-3/h2*1-3H. The van der Waals surface area contributed by atoms with Crippen LogP contribution in [0, 0.1) is 0 Å². The number of rotatable bonds is 0. The van der Waals surface area contributed by atoms with Crippen molar-refractivity contribution in [3.8, 4) is 0 Å². The summed E-state index contributed by atoms with van der Waals surface area (Å²) >= 11 is 0. The first-order chi connectivity index (χ1) is 2.83. The summed E-state index contributed by atoms with van der Waals surface area (Å²) in [6.07, 6.45) is 0. The van der Waals surface area contributed by atoms with Gasteiger partial charge in [0.2, 0.25) is 0 Å². The first-order valence-corrected chi connectivity index (χ1v) is 0.894. The van der Waals surface area contributed by atoms with Crippen molar-refractivity contribution < 1.29 is 20.8 Å². The normalized spacial score (nSPS) is 6.00. The SMILES string of the molecule is ONO.ONO. The monoisotopic (exact) mass is 98.0 g/mol. The fourth-order valence-corrected chi connectivity index (χ4v) is 0. The Balaban J connectivity index is 0. The highest BCUT2D eigenvalue weighted by Gasteiger charge is 1.23. The van der Waals surface area contributed by atoms with Gasteiger partial charge >= 0.3 is 0 Å². The molecule has 0 aromatic carbocycles. The topological polar surface area (TPSA) is 105 Å². The van der Waals surface area contributed by atoms with E-state index in [1.807, 2.05) is 0 Å². The summed E-state index contributed by atoms with van der Waals surface area (Å²) in [6, 6.07) is 0. The second kappa shape index (κ2) is 21.7. The minimum atomic E-state index is 0.750. The lowest BCUT2D eigenvalue weighted by Crippen LogP contribution is -1.93. The van der Waals surface area contributed by atoms with E-state index in [4.69, 9.17) is 20.8 Å². The summed E-state index contributed by atoms with van der Waals surface area (Å²) in [5.74, 6) is 0. The Kier molecular flexibility index (Phi) is 33.4. The summed E-state index contributed by atoms with van der Waals surface area (Å²) < 4.78 is 0. The van der Waals surface area contributed by atoms with Crippen molar-refractivity contribution in [2.45, 2.75) is 0 Å². The van der Waals surface area contributed by atoms with E-state index in [1.54, 1.807) is 0 Å². The van der Waals surface area contributed by atoms with Crippen LogP contribution in [0.2, 0.25) is 0 Å². The van der Waals surface area contributed by atoms with Gasteiger partial charge in [-0.2, -0.15) is 0 Å². The number of hydrogen-bond donors (Lipinski definition) is 6. The zero-order valence-electron chi connectivity index (χ0n) is 2.79. The van der Waals surface area contributed by atoms with Gasteiger partial charge < -0.3 is 0 Å². The van der Waals surface area contributed by atoms with Crippen LogP contribution in [0.3, 0.4) is 0 Å². The summed E-state index contributed by atoms with van der Waals surface area (Å²) in [5, 5.41) is 27.5. The van der Waals surface area contributed by atoms with Gasteiger partial charge in [0.15, 0.2) is 0 Å². The molecule has 0 aliphatic heterocycles.